The van der Waals surface area contributed by atoms with E-state index in [2.05, 4.69) is 14.1 Å². The normalized spacial score (nSPS) is 11.4. The van der Waals surface area contributed by atoms with E-state index < -0.39 is 29.7 Å². The second kappa shape index (κ2) is 5.36. The Balaban J connectivity index is 2.47. The van der Waals surface area contributed by atoms with Gasteiger partial charge >= 0.3 is 18.2 Å². The molecule has 106 valence electrons. The summed E-state index contributed by atoms with van der Waals surface area (Å²) in [6.45, 7) is 1.51. The Morgan fingerprint density at radius 1 is 1.30 bits per heavy atom. The standard InChI is InChI=1S/C13H10F3NO3/c1-2-9(18)19-12-17-10(8-6-4-3-5-7-8)11(20-12)13(14,15)16/h3-7H,2H2,1H3. The number of oxazole rings is 1. The fraction of sp³-hybridized carbons (Fsp3) is 0.231. The van der Waals surface area contributed by atoms with Gasteiger partial charge in [-0.3, -0.25) is 4.79 Å². The Labute approximate surface area is 112 Å². The first-order valence-electron chi connectivity index (χ1n) is 5.76. The molecule has 4 nitrogen and oxygen atoms in total. The van der Waals surface area contributed by atoms with Gasteiger partial charge in [0.2, 0.25) is 5.76 Å². The lowest BCUT2D eigenvalue weighted by Crippen LogP contribution is -2.06. The van der Waals surface area contributed by atoms with Gasteiger partial charge in [-0.05, 0) is 0 Å². The van der Waals surface area contributed by atoms with Gasteiger partial charge in [0.15, 0.2) is 0 Å². The predicted molar refractivity (Wildman–Crippen MR) is 62.9 cm³/mol. The molecular formula is C13H10F3NO3. The van der Waals surface area contributed by atoms with Crippen LogP contribution in [0.4, 0.5) is 13.2 Å². The summed E-state index contributed by atoms with van der Waals surface area (Å²) in [5, 5.41) is 0. The molecule has 0 unspecified atom stereocenters. The Bertz CT molecular complexity index is 605. The van der Waals surface area contributed by atoms with Crippen LogP contribution in [0.1, 0.15) is 19.1 Å². The number of hydrogen-bond acceptors (Lipinski definition) is 4. The number of nitrogens with zero attached hydrogens (tertiary/aromatic N) is 1. The zero-order valence-corrected chi connectivity index (χ0v) is 10.4. The molecule has 1 aromatic heterocycles. The van der Waals surface area contributed by atoms with Crippen LogP contribution < -0.4 is 4.74 Å². The molecule has 0 aliphatic rings. The van der Waals surface area contributed by atoms with E-state index in [1.807, 2.05) is 0 Å². The van der Waals surface area contributed by atoms with E-state index in [0.717, 1.165) is 0 Å². The van der Waals surface area contributed by atoms with Crippen molar-refractivity contribution in [1.29, 1.82) is 0 Å². The molecule has 0 aliphatic heterocycles. The van der Waals surface area contributed by atoms with Crippen LogP contribution in [0, 0.1) is 0 Å². The van der Waals surface area contributed by atoms with E-state index in [1.54, 1.807) is 18.2 Å². The van der Waals surface area contributed by atoms with Crippen molar-refractivity contribution < 1.29 is 27.1 Å². The zero-order valence-electron chi connectivity index (χ0n) is 10.4. The molecular weight excluding hydrogens is 275 g/mol. The highest BCUT2D eigenvalue weighted by Crippen LogP contribution is 2.39. The van der Waals surface area contributed by atoms with Crippen molar-refractivity contribution in [2.45, 2.75) is 19.5 Å². The number of aromatic nitrogens is 1. The maximum atomic E-state index is 12.9. The summed E-state index contributed by atoms with van der Waals surface area (Å²) in [5.41, 5.74) is -0.181. The van der Waals surface area contributed by atoms with E-state index in [1.165, 1.54) is 19.1 Å². The Morgan fingerprint density at radius 2 is 1.95 bits per heavy atom. The number of carbonyl (C=O) groups excluding carboxylic acids is 1. The lowest BCUT2D eigenvalue weighted by molar-refractivity contribution is -0.154. The summed E-state index contributed by atoms with van der Waals surface area (Å²) in [7, 11) is 0. The van der Waals surface area contributed by atoms with Gasteiger partial charge < -0.3 is 9.15 Å². The topological polar surface area (TPSA) is 52.3 Å². The number of carbonyl (C=O) groups is 1. The minimum Gasteiger partial charge on any atom is -0.403 e. The maximum absolute atomic E-state index is 12.9. The molecule has 0 saturated carbocycles. The summed E-state index contributed by atoms with van der Waals surface area (Å²) < 4.78 is 47.8. The first-order valence-corrected chi connectivity index (χ1v) is 5.76. The molecule has 0 bridgehead atoms. The second-order valence-electron chi connectivity index (χ2n) is 3.85. The Kier molecular flexibility index (Phi) is 3.78. The van der Waals surface area contributed by atoms with Crippen molar-refractivity contribution in [2.75, 3.05) is 0 Å². The molecule has 0 atom stereocenters. The minimum atomic E-state index is -4.73. The lowest BCUT2D eigenvalue weighted by Gasteiger charge is -2.03. The highest BCUT2D eigenvalue weighted by molar-refractivity contribution is 5.71. The molecule has 2 rings (SSSR count). The van der Waals surface area contributed by atoms with Crippen molar-refractivity contribution >= 4 is 5.97 Å². The largest absolute Gasteiger partial charge is 0.452 e. The number of ether oxygens (including phenoxy) is 1. The molecule has 7 heteroatoms. The van der Waals surface area contributed by atoms with Crippen molar-refractivity contribution in [3.8, 4) is 17.3 Å². The molecule has 0 spiro atoms. The summed E-state index contributed by atoms with van der Waals surface area (Å²) in [5.74, 6) is -2.01. The van der Waals surface area contributed by atoms with Crippen LogP contribution in [0.3, 0.4) is 0 Å². The molecule has 0 aliphatic carbocycles. The van der Waals surface area contributed by atoms with E-state index in [-0.39, 0.29) is 12.0 Å². The first-order chi connectivity index (χ1) is 9.41. The number of alkyl halides is 3. The highest BCUT2D eigenvalue weighted by Gasteiger charge is 2.40. The maximum Gasteiger partial charge on any atom is 0.452 e. The van der Waals surface area contributed by atoms with Crippen LogP contribution in [0.25, 0.3) is 11.3 Å². The molecule has 1 heterocycles. The molecule has 0 radical (unpaired) electrons. The monoisotopic (exact) mass is 285 g/mol. The van der Waals surface area contributed by atoms with Gasteiger partial charge in [-0.1, -0.05) is 37.3 Å². The van der Waals surface area contributed by atoms with Crippen molar-refractivity contribution in [1.82, 2.24) is 4.98 Å². The van der Waals surface area contributed by atoms with Gasteiger partial charge in [0, 0.05) is 12.0 Å². The molecule has 20 heavy (non-hydrogen) atoms. The smallest absolute Gasteiger partial charge is 0.403 e. The second-order valence-corrected chi connectivity index (χ2v) is 3.85. The number of benzene rings is 1. The van der Waals surface area contributed by atoms with Crippen LogP contribution >= 0.6 is 0 Å². The fourth-order valence-corrected chi connectivity index (χ4v) is 1.50. The Morgan fingerprint density at radius 3 is 2.50 bits per heavy atom. The van der Waals surface area contributed by atoms with Gasteiger partial charge in [-0.2, -0.15) is 18.2 Å². The van der Waals surface area contributed by atoms with Crippen LogP contribution in [0.15, 0.2) is 34.7 Å². The molecule has 0 N–H and O–H groups in total. The number of esters is 1. The minimum absolute atomic E-state index is 0.00437. The SMILES string of the molecule is CCC(=O)Oc1nc(-c2ccccc2)c(C(F)(F)F)o1. The summed E-state index contributed by atoms with van der Waals surface area (Å²) in [4.78, 5) is 14.7. The van der Waals surface area contributed by atoms with Crippen molar-refractivity contribution in [3.05, 3.63) is 36.1 Å². The van der Waals surface area contributed by atoms with E-state index in [4.69, 9.17) is 0 Å². The summed E-state index contributed by atoms with van der Waals surface area (Å²) >= 11 is 0. The van der Waals surface area contributed by atoms with E-state index in [0.29, 0.717) is 0 Å². The third-order valence-corrected chi connectivity index (χ3v) is 2.40. The highest BCUT2D eigenvalue weighted by atomic mass is 19.4. The summed E-state index contributed by atoms with van der Waals surface area (Å²) in [6.07, 6.45) is -5.43. The zero-order chi connectivity index (χ0) is 14.8. The molecule has 1 aromatic carbocycles. The van der Waals surface area contributed by atoms with Crippen LogP contribution in [0.5, 0.6) is 6.08 Å². The predicted octanol–water partition coefficient (Wildman–Crippen LogP) is 3.68. The molecule has 0 amide bonds. The molecule has 0 saturated heterocycles. The average molecular weight is 285 g/mol. The van der Waals surface area contributed by atoms with Gasteiger partial charge in [-0.15, -0.1) is 0 Å². The van der Waals surface area contributed by atoms with Gasteiger partial charge in [0.1, 0.15) is 5.69 Å². The van der Waals surface area contributed by atoms with Gasteiger partial charge in [0.05, 0.1) is 0 Å². The van der Waals surface area contributed by atoms with Gasteiger partial charge in [-0.25, -0.2) is 0 Å². The van der Waals surface area contributed by atoms with E-state index >= 15 is 0 Å². The van der Waals surface area contributed by atoms with Crippen molar-refractivity contribution in [3.63, 3.8) is 0 Å². The number of rotatable bonds is 3. The third-order valence-electron chi connectivity index (χ3n) is 2.40. The lowest BCUT2D eigenvalue weighted by atomic mass is 10.1. The Hall–Kier alpha value is -2.31. The number of halogens is 3. The average Bonchev–Trinajstić information content (AvgIpc) is 2.83. The van der Waals surface area contributed by atoms with Crippen LogP contribution in [0.2, 0.25) is 0 Å². The van der Waals surface area contributed by atoms with Crippen LogP contribution in [-0.2, 0) is 11.0 Å². The van der Waals surface area contributed by atoms with Crippen molar-refractivity contribution in [2.24, 2.45) is 0 Å². The fourth-order valence-electron chi connectivity index (χ4n) is 1.50. The molecule has 2 aromatic rings. The van der Waals surface area contributed by atoms with Crippen LogP contribution in [-0.4, -0.2) is 11.0 Å². The third kappa shape index (κ3) is 2.98. The summed E-state index contributed by atoms with van der Waals surface area (Å²) in [6, 6.07) is 7.72. The quantitative estimate of drug-likeness (QED) is 0.807. The van der Waals surface area contributed by atoms with E-state index in [9.17, 15) is 18.0 Å². The first kappa shape index (κ1) is 14.1. The van der Waals surface area contributed by atoms with Gasteiger partial charge in [0.25, 0.3) is 0 Å². The molecule has 0 fully saturated rings. The number of hydrogen-bond donors (Lipinski definition) is 0.